The Morgan fingerprint density at radius 2 is 2.08 bits per heavy atom. The van der Waals surface area contributed by atoms with Crippen molar-refractivity contribution in [3.8, 4) is 0 Å². The van der Waals surface area contributed by atoms with Gasteiger partial charge in [0.2, 0.25) is 0 Å². The van der Waals surface area contributed by atoms with Gasteiger partial charge in [0.05, 0.1) is 4.99 Å². The van der Waals surface area contributed by atoms with E-state index < -0.39 is 0 Å². The summed E-state index contributed by atoms with van der Waals surface area (Å²) in [5, 5.41) is 3.15. The van der Waals surface area contributed by atoms with E-state index in [0.29, 0.717) is 0 Å². The van der Waals surface area contributed by atoms with Crippen LogP contribution in [0.15, 0.2) is 30.3 Å². The fourth-order valence-electron chi connectivity index (χ4n) is 0.850. The van der Waals surface area contributed by atoms with E-state index in [1.165, 1.54) is 0 Å². The molecule has 0 fully saturated rings. The van der Waals surface area contributed by atoms with Gasteiger partial charge in [0.15, 0.2) is 0 Å². The second-order valence-corrected chi connectivity index (χ2v) is 3.71. The van der Waals surface area contributed by atoms with E-state index in [0.717, 1.165) is 16.4 Å². The van der Waals surface area contributed by atoms with Crippen LogP contribution in [0.4, 0.5) is 5.69 Å². The van der Waals surface area contributed by atoms with Gasteiger partial charge < -0.3 is 5.32 Å². The minimum absolute atomic E-state index is 0.879. The number of para-hydroxylation sites is 1. The van der Waals surface area contributed by atoms with Gasteiger partial charge in [-0.2, -0.15) is 11.8 Å². The zero-order chi connectivity index (χ0) is 8.81. The lowest BCUT2D eigenvalue weighted by Gasteiger charge is -2.05. The summed E-state index contributed by atoms with van der Waals surface area (Å²) in [6, 6.07) is 9.98. The molecule has 0 heterocycles. The Labute approximate surface area is 82.6 Å². The Kier molecular flexibility index (Phi) is 4.11. The first-order chi connectivity index (χ1) is 5.83. The third-order valence-electron chi connectivity index (χ3n) is 1.33. The highest BCUT2D eigenvalue weighted by atomic mass is 32.2. The minimum Gasteiger partial charge on any atom is -0.349 e. The van der Waals surface area contributed by atoms with Crippen LogP contribution < -0.4 is 5.32 Å². The standard InChI is InChI=1S/C9H11NS2/c1-12-7-9(11)10-8-5-3-2-4-6-8/h2-6H,7H2,1H3,(H,10,11). The maximum absolute atomic E-state index is 5.10. The Bertz CT molecular complexity index is 246. The first kappa shape index (κ1) is 9.55. The highest BCUT2D eigenvalue weighted by Gasteiger charge is 1.94. The summed E-state index contributed by atoms with van der Waals surface area (Å²) in [6.07, 6.45) is 2.04. The lowest BCUT2D eigenvalue weighted by atomic mass is 10.3. The number of thioether (sulfide) groups is 1. The molecule has 0 amide bonds. The molecule has 64 valence electrons. The van der Waals surface area contributed by atoms with Crippen LogP contribution in [0.1, 0.15) is 0 Å². The van der Waals surface area contributed by atoms with Gasteiger partial charge in [-0.3, -0.25) is 0 Å². The van der Waals surface area contributed by atoms with Crippen LogP contribution in [-0.2, 0) is 0 Å². The summed E-state index contributed by atoms with van der Waals surface area (Å²) >= 11 is 6.83. The van der Waals surface area contributed by atoms with Gasteiger partial charge in [0, 0.05) is 11.4 Å². The van der Waals surface area contributed by atoms with Crippen molar-refractivity contribution in [2.45, 2.75) is 0 Å². The Morgan fingerprint density at radius 1 is 1.42 bits per heavy atom. The van der Waals surface area contributed by atoms with Crippen LogP contribution in [-0.4, -0.2) is 17.0 Å². The van der Waals surface area contributed by atoms with E-state index in [2.05, 4.69) is 5.32 Å². The van der Waals surface area contributed by atoms with Gasteiger partial charge in [0.1, 0.15) is 0 Å². The summed E-state index contributed by atoms with van der Waals surface area (Å²) in [7, 11) is 0. The molecule has 0 spiro atoms. The molecule has 0 atom stereocenters. The van der Waals surface area contributed by atoms with Crippen molar-refractivity contribution in [3.63, 3.8) is 0 Å². The maximum Gasteiger partial charge on any atom is 0.0897 e. The molecule has 1 aromatic rings. The number of benzene rings is 1. The molecule has 3 heteroatoms. The van der Waals surface area contributed by atoms with Gasteiger partial charge in [0.25, 0.3) is 0 Å². The molecule has 0 aromatic heterocycles. The molecule has 12 heavy (non-hydrogen) atoms. The maximum atomic E-state index is 5.10. The topological polar surface area (TPSA) is 12.0 Å². The van der Waals surface area contributed by atoms with E-state index in [4.69, 9.17) is 12.2 Å². The van der Waals surface area contributed by atoms with Gasteiger partial charge >= 0.3 is 0 Å². The Morgan fingerprint density at radius 3 is 2.67 bits per heavy atom. The second-order valence-electron chi connectivity index (χ2n) is 2.35. The molecule has 0 aliphatic heterocycles. The average molecular weight is 197 g/mol. The third-order valence-corrected chi connectivity index (χ3v) is 2.34. The lowest BCUT2D eigenvalue weighted by Crippen LogP contribution is -2.10. The van der Waals surface area contributed by atoms with Crippen molar-refractivity contribution in [1.82, 2.24) is 0 Å². The zero-order valence-electron chi connectivity index (χ0n) is 6.91. The normalized spacial score (nSPS) is 9.42. The Hall–Kier alpha value is -0.540. The summed E-state index contributed by atoms with van der Waals surface area (Å²) in [4.78, 5) is 0.883. The van der Waals surface area contributed by atoms with Crippen molar-refractivity contribution in [3.05, 3.63) is 30.3 Å². The first-order valence-electron chi connectivity index (χ1n) is 3.67. The van der Waals surface area contributed by atoms with Crippen LogP contribution in [0.25, 0.3) is 0 Å². The average Bonchev–Trinajstić information content (AvgIpc) is 2.06. The van der Waals surface area contributed by atoms with Gasteiger partial charge in [-0.25, -0.2) is 0 Å². The van der Waals surface area contributed by atoms with E-state index in [9.17, 15) is 0 Å². The van der Waals surface area contributed by atoms with E-state index in [1.807, 2.05) is 36.6 Å². The molecule has 1 rings (SSSR count). The number of hydrogen-bond acceptors (Lipinski definition) is 2. The minimum atomic E-state index is 0.879. The second kappa shape index (κ2) is 5.17. The number of anilines is 1. The van der Waals surface area contributed by atoms with E-state index >= 15 is 0 Å². The quantitative estimate of drug-likeness (QED) is 0.748. The third kappa shape index (κ3) is 3.24. The van der Waals surface area contributed by atoms with E-state index in [1.54, 1.807) is 11.8 Å². The zero-order valence-corrected chi connectivity index (χ0v) is 8.54. The molecular weight excluding hydrogens is 186 g/mol. The molecular formula is C9H11NS2. The molecule has 0 saturated carbocycles. The van der Waals surface area contributed by atoms with Crippen LogP contribution in [0.5, 0.6) is 0 Å². The summed E-state index contributed by atoms with van der Waals surface area (Å²) in [5.41, 5.74) is 1.07. The first-order valence-corrected chi connectivity index (χ1v) is 5.47. The molecule has 1 N–H and O–H groups in total. The monoisotopic (exact) mass is 197 g/mol. The lowest BCUT2D eigenvalue weighted by molar-refractivity contribution is 1.64. The fraction of sp³-hybridized carbons (Fsp3) is 0.222. The number of hydrogen-bond donors (Lipinski definition) is 1. The van der Waals surface area contributed by atoms with Crippen molar-refractivity contribution in [1.29, 1.82) is 0 Å². The predicted octanol–water partition coefficient (Wildman–Crippen LogP) is 2.79. The van der Waals surface area contributed by atoms with Crippen LogP contribution in [0, 0.1) is 0 Å². The molecule has 0 aliphatic carbocycles. The largest absolute Gasteiger partial charge is 0.349 e. The number of rotatable bonds is 3. The molecule has 0 bridgehead atoms. The summed E-state index contributed by atoms with van der Waals surface area (Å²) in [6.45, 7) is 0. The van der Waals surface area contributed by atoms with Crippen LogP contribution in [0.2, 0.25) is 0 Å². The number of thiocarbonyl (C=S) groups is 1. The molecule has 0 aliphatic rings. The van der Waals surface area contributed by atoms with Crippen LogP contribution >= 0.6 is 24.0 Å². The van der Waals surface area contributed by atoms with Crippen LogP contribution in [0.3, 0.4) is 0 Å². The van der Waals surface area contributed by atoms with Gasteiger partial charge in [-0.1, -0.05) is 30.4 Å². The SMILES string of the molecule is CSCC(=S)Nc1ccccc1. The van der Waals surface area contributed by atoms with Gasteiger partial charge in [-0.15, -0.1) is 0 Å². The van der Waals surface area contributed by atoms with Gasteiger partial charge in [-0.05, 0) is 18.4 Å². The Balaban J connectivity index is 2.47. The van der Waals surface area contributed by atoms with Crippen molar-refractivity contribution >= 4 is 34.7 Å². The molecule has 0 radical (unpaired) electrons. The molecule has 1 nitrogen and oxygen atoms in total. The van der Waals surface area contributed by atoms with E-state index in [-0.39, 0.29) is 0 Å². The number of nitrogens with one attached hydrogen (secondary N) is 1. The smallest absolute Gasteiger partial charge is 0.0897 e. The molecule has 1 aromatic carbocycles. The predicted molar refractivity (Wildman–Crippen MR) is 61.0 cm³/mol. The molecule has 0 saturated heterocycles. The van der Waals surface area contributed by atoms with Crippen molar-refractivity contribution in [2.75, 3.05) is 17.3 Å². The fourth-order valence-corrected chi connectivity index (χ4v) is 1.66. The summed E-state index contributed by atoms with van der Waals surface area (Å²) < 4.78 is 0. The molecule has 0 unspecified atom stereocenters. The van der Waals surface area contributed by atoms with Crippen molar-refractivity contribution < 1.29 is 0 Å². The highest BCUT2D eigenvalue weighted by molar-refractivity contribution is 8.00. The van der Waals surface area contributed by atoms with Crippen molar-refractivity contribution in [2.24, 2.45) is 0 Å². The summed E-state index contributed by atoms with van der Waals surface area (Å²) in [5.74, 6) is 0.879. The highest BCUT2D eigenvalue weighted by Crippen LogP contribution is 2.06.